The van der Waals surface area contributed by atoms with Crippen molar-refractivity contribution in [1.29, 1.82) is 0 Å². The summed E-state index contributed by atoms with van der Waals surface area (Å²) in [6.45, 7) is 5.86. The topological polar surface area (TPSA) is 27.6 Å². The average Bonchev–Trinajstić information content (AvgIpc) is 2.82. The van der Waals surface area contributed by atoms with Gasteiger partial charge in [-0.15, -0.1) is 0 Å². The summed E-state index contributed by atoms with van der Waals surface area (Å²) in [4.78, 5) is 7.55. The van der Waals surface area contributed by atoms with E-state index in [-0.39, 0.29) is 0 Å². The maximum atomic E-state index is 5.01. The first kappa shape index (κ1) is 13.7. The first-order chi connectivity index (χ1) is 9.30. The molecule has 1 N–H and O–H groups in total. The van der Waals surface area contributed by atoms with Crippen LogP contribution in [0.3, 0.4) is 0 Å². The minimum Gasteiger partial charge on any atom is -0.359 e. The molecule has 4 heteroatoms. The van der Waals surface area contributed by atoms with Crippen LogP contribution >= 0.6 is 11.8 Å². The summed E-state index contributed by atoms with van der Waals surface area (Å²) in [5.74, 6) is 1.25. The lowest BCUT2D eigenvalue weighted by atomic mass is 9.83. The molecule has 3 nitrogen and oxygen atoms in total. The van der Waals surface area contributed by atoms with Crippen LogP contribution in [0, 0.1) is 0 Å². The van der Waals surface area contributed by atoms with Gasteiger partial charge in [0.15, 0.2) is 5.17 Å². The minimum absolute atomic E-state index is 0.404. The Bertz CT molecular complexity index is 336. The van der Waals surface area contributed by atoms with E-state index in [9.17, 15) is 0 Å². The first-order valence-corrected chi connectivity index (χ1v) is 8.99. The van der Waals surface area contributed by atoms with Gasteiger partial charge in [-0.25, -0.2) is 0 Å². The standard InChI is InChI=1S/C15H27N3S/c1-2-18-10-6-7-13(11-18)16-14-17-15(12-19-14)8-4-3-5-9-15/h13H,2-12H2,1H3,(H,16,17). The van der Waals surface area contributed by atoms with Gasteiger partial charge in [0.2, 0.25) is 0 Å². The van der Waals surface area contributed by atoms with Gasteiger partial charge in [0.1, 0.15) is 0 Å². The highest BCUT2D eigenvalue weighted by Crippen LogP contribution is 2.36. The van der Waals surface area contributed by atoms with Crippen LogP contribution < -0.4 is 5.32 Å². The van der Waals surface area contributed by atoms with Crippen molar-refractivity contribution in [3.63, 3.8) is 0 Å². The Morgan fingerprint density at radius 2 is 2.16 bits per heavy atom. The largest absolute Gasteiger partial charge is 0.359 e. The number of piperidine rings is 1. The molecule has 1 atom stereocenters. The van der Waals surface area contributed by atoms with Gasteiger partial charge < -0.3 is 10.2 Å². The number of hydrogen-bond acceptors (Lipinski definition) is 3. The number of thioether (sulfide) groups is 1. The molecule has 1 unspecified atom stereocenters. The summed E-state index contributed by atoms with van der Waals surface area (Å²) < 4.78 is 0. The Hall–Kier alpha value is -0.220. The summed E-state index contributed by atoms with van der Waals surface area (Å²) in [7, 11) is 0. The Balaban J connectivity index is 1.59. The van der Waals surface area contributed by atoms with Gasteiger partial charge in [0.25, 0.3) is 0 Å². The molecule has 3 fully saturated rings. The van der Waals surface area contributed by atoms with E-state index in [1.54, 1.807) is 0 Å². The van der Waals surface area contributed by atoms with Crippen LogP contribution in [-0.4, -0.2) is 47.0 Å². The third-order valence-electron chi connectivity index (χ3n) is 4.90. The van der Waals surface area contributed by atoms with E-state index in [2.05, 4.69) is 17.1 Å². The number of nitrogens with zero attached hydrogens (tertiary/aromatic N) is 2. The van der Waals surface area contributed by atoms with Crippen LogP contribution in [0.1, 0.15) is 51.9 Å². The summed E-state index contributed by atoms with van der Waals surface area (Å²) in [6.07, 6.45) is 9.51. The second-order valence-corrected chi connectivity index (χ2v) is 7.34. The highest BCUT2D eigenvalue weighted by atomic mass is 32.2. The van der Waals surface area contributed by atoms with Crippen LogP contribution in [0.15, 0.2) is 4.99 Å². The highest BCUT2D eigenvalue weighted by Gasteiger charge is 2.38. The van der Waals surface area contributed by atoms with Gasteiger partial charge >= 0.3 is 0 Å². The van der Waals surface area contributed by atoms with Crippen molar-refractivity contribution in [3.05, 3.63) is 0 Å². The third kappa shape index (κ3) is 3.27. The van der Waals surface area contributed by atoms with Gasteiger partial charge in [-0.3, -0.25) is 4.99 Å². The lowest BCUT2D eigenvalue weighted by molar-refractivity contribution is 0.219. The van der Waals surface area contributed by atoms with Crippen molar-refractivity contribution in [2.24, 2.45) is 4.99 Å². The number of aliphatic imine (C=N–C) groups is 1. The van der Waals surface area contributed by atoms with Gasteiger partial charge in [-0.2, -0.15) is 0 Å². The zero-order valence-corrected chi connectivity index (χ0v) is 13.0. The maximum Gasteiger partial charge on any atom is 0.157 e. The number of rotatable bonds is 2. The Morgan fingerprint density at radius 1 is 1.32 bits per heavy atom. The zero-order valence-electron chi connectivity index (χ0n) is 12.2. The SMILES string of the molecule is CCN1CCCC(N=C2NC3(CCCCC3)CS2)C1. The van der Waals surface area contributed by atoms with Crippen molar-refractivity contribution in [2.75, 3.05) is 25.4 Å². The fourth-order valence-corrected chi connectivity index (χ4v) is 4.95. The number of likely N-dealkylation sites (tertiary alicyclic amines) is 1. The van der Waals surface area contributed by atoms with Crippen LogP contribution in [0.2, 0.25) is 0 Å². The Labute approximate surface area is 121 Å². The predicted octanol–water partition coefficient (Wildman–Crippen LogP) is 2.87. The maximum absolute atomic E-state index is 5.01. The molecule has 0 bridgehead atoms. The van der Waals surface area contributed by atoms with Crippen LogP contribution in [0.5, 0.6) is 0 Å². The van der Waals surface area contributed by atoms with E-state index in [0.717, 1.165) is 6.54 Å². The molecule has 1 spiro atoms. The molecule has 2 heterocycles. The molecular weight excluding hydrogens is 254 g/mol. The molecule has 0 radical (unpaired) electrons. The molecule has 2 saturated heterocycles. The normalized spacial score (nSPS) is 33.7. The molecule has 3 aliphatic rings. The van der Waals surface area contributed by atoms with Gasteiger partial charge in [-0.1, -0.05) is 37.9 Å². The van der Waals surface area contributed by atoms with Crippen LogP contribution in [0.25, 0.3) is 0 Å². The van der Waals surface area contributed by atoms with Crippen LogP contribution in [0.4, 0.5) is 0 Å². The smallest absolute Gasteiger partial charge is 0.157 e. The van der Waals surface area contributed by atoms with E-state index < -0.39 is 0 Å². The van der Waals surface area contributed by atoms with Crippen LogP contribution in [-0.2, 0) is 0 Å². The molecule has 1 aliphatic carbocycles. The van der Waals surface area contributed by atoms with Crippen molar-refractivity contribution in [3.8, 4) is 0 Å². The monoisotopic (exact) mass is 281 g/mol. The van der Waals surface area contributed by atoms with E-state index in [4.69, 9.17) is 4.99 Å². The summed E-state index contributed by atoms with van der Waals surface area (Å²) in [5.41, 5.74) is 0.404. The molecular formula is C15H27N3S. The van der Waals surface area contributed by atoms with E-state index >= 15 is 0 Å². The molecule has 1 saturated carbocycles. The second kappa shape index (κ2) is 6.04. The number of hydrogen-bond donors (Lipinski definition) is 1. The van der Waals surface area contributed by atoms with Crippen molar-refractivity contribution < 1.29 is 0 Å². The molecule has 0 aromatic rings. The summed E-state index contributed by atoms with van der Waals surface area (Å²) in [5, 5.41) is 5.02. The molecule has 2 aliphatic heterocycles. The molecule has 0 aromatic heterocycles. The fourth-order valence-electron chi connectivity index (χ4n) is 3.66. The Morgan fingerprint density at radius 3 is 2.95 bits per heavy atom. The average molecular weight is 281 g/mol. The second-order valence-electron chi connectivity index (χ2n) is 6.38. The van der Waals surface area contributed by atoms with Gasteiger partial charge in [-0.05, 0) is 38.8 Å². The first-order valence-electron chi connectivity index (χ1n) is 8.01. The lowest BCUT2D eigenvalue weighted by Gasteiger charge is -2.33. The van der Waals surface area contributed by atoms with Crippen molar-refractivity contribution in [1.82, 2.24) is 10.2 Å². The molecule has 19 heavy (non-hydrogen) atoms. The van der Waals surface area contributed by atoms with E-state index in [1.807, 2.05) is 11.8 Å². The predicted molar refractivity (Wildman–Crippen MR) is 84.0 cm³/mol. The molecule has 3 rings (SSSR count). The Kier molecular flexibility index (Phi) is 4.37. The third-order valence-corrected chi connectivity index (χ3v) is 6.07. The van der Waals surface area contributed by atoms with Crippen molar-refractivity contribution >= 4 is 16.9 Å². The molecule has 0 aromatic carbocycles. The lowest BCUT2D eigenvalue weighted by Crippen LogP contribution is -2.45. The quantitative estimate of drug-likeness (QED) is 0.843. The summed E-state index contributed by atoms with van der Waals surface area (Å²) >= 11 is 1.97. The van der Waals surface area contributed by atoms with Crippen molar-refractivity contribution in [2.45, 2.75) is 63.5 Å². The minimum atomic E-state index is 0.404. The summed E-state index contributed by atoms with van der Waals surface area (Å²) in [6, 6.07) is 0.530. The fraction of sp³-hybridized carbons (Fsp3) is 0.933. The molecule has 0 amide bonds. The zero-order chi connectivity index (χ0) is 13.1. The van der Waals surface area contributed by atoms with E-state index in [1.165, 1.54) is 69.0 Å². The van der Waals surface area contributed by atoms with E-state index in [0.29, 0.717) is 11.6 Å². The number of amidine groups is 1. The number of likely N-dealkylation sites (N-methyl/N-ethyl adjacent to an activating group) is 1. The number of nitrogens with one attached hydrogen (secondary N) is 1. The van der Waals surface area contributed by atoms with Gasteiger partial charge in [0.05, 0.1) is 6.04 Å². The van der Waals surface area contributed by atoms with Gasteiger partial charge in [0, 0.05) is 17.8 Å². The highest BCUT2D eigenvalue weighted by molar-refractivity contribution is 8.14. The molecule has 108 valence electrons.